The maximum absolute atomic E-state index is 13.1. The van der Waals surface area contributed by atoms with Crippen molar-refractivity contribution < 1.29 is 18.5 Å². The second kappa shape index (κ2) is 5.35. The Bertz CT molecular complexity index is 694. The third-order valence-electron chi connectivity index (χ3n) is 2.90. The number of hydrogen-bond donors (Lipinski definition) is 2. The fourth-order valence-corrected chi connectivity index (χ4v) is 1.57. The van der Waals surface area contributed by atoms with Crippen LogP contribution in [-0.2, 0) is 4.79 Å². The predicted molar refractivity (Wildman–Crippen MR) is 72.6 cm³/mol. The Labute approximate surface area is 120 Å². The lowest BCUT2D eigenvalue weighted by molar-refractivity contribution is -0.122. The quantitative estimate of drug-likeness (QED) is 0.891. The van der Waals surface area contributed by atoms with Gasteiger partial charge in [-0.15, -0.1) is 0 Å². The molecule has 0 atom stereocenters. The first-order valence-corrected chi connectivity index (χ1v) is 6.14. The van der Waals surface area contributed by atoms with E-state index in [9.17, 15) is 14.0 Å². The molecule has 0 radical (unpaired) electrons. The summed E-state index contributed by atoms with van der Waals surface area (Å²) in [6.07, 6.45) is 0. The summed E-state index contributed by atoms with van der Waals surface area (Å²) in [4.78, 5) is 23.1. The third-order valence-corrected chi connectivity index (χ3v) is 2.90. The summed E-state index contributed by atoms with van der Waals surface area (Å²) >= 11 is 0. The monoisotopic (exact) mass is 291 g/mol. The number of nitrogens with zero attached hydrogens (tertiary/aromatic N) is 1. The molecule has 0 bridgehead atoms. The summed E-state index contributed by atoms with van der Waals surface area (Å²) in [6.45, 7) is 2.94. The Morgan fingerprint density at radius 2 is 2.05 bits per heavy atom. The molecule has 110 valence electrons. The average Bonchev–Trinajstić information content (AvgIpc) is 2.87. The summed E-state index contributed by atoms with van der Waals surface area (Å²) < 4.78 is 18.1. The van der Waals surface area contributed by atoms with Crippen molar-refractivity contribution in [2.24, 2.45) is 5.73 Å². The Balaban J connectivity index is 2.20. The van der Waals surface area contributed by atoms with Crippen LogP contribution in [0.25, 0.3) is 11.3 Å². The first-order valence-electron chi connectivity index (χ1n) is 6.14. The molecule has 21 heavy (non-hydrogen) atoms. The van der Waals surface area contributed by atoms with E-state index >= 15 is 0 Å². The second-order valence-corrected chi connectivity index (χ2v) is 5.03. The normalized spacial score (nSPS) is 11.2. The second-order valence-electron chi connectivity index (χ2n) is 5.03. The molecule has 0 aliphatic carbocycles. The van der Waals surface area contributed by atoms with E-state index in [0.717, 1.165) is 0 Å². The van der Waals surface area contributed by atoms with Gasteiger partial charge in [-0.2, -0.15) is 0 Å². The van der Waals surface area contributed by atoms with E-state index in [1.165, 1.54) is 38.1 Å². The lowest BCUT2D eigenvalue weighted by atomic mass is 10.1. The summed E-state index contributed by atoms with van der Waals surface area (Å²) in [5.74, 6) is -1.82. The van der Waals surface area contributed by atoms with Gasteiger partial charge in [-0.3, -0.25) is 9.59 Å². The highest BCUT2D eigenvalue weighted by molar-refractivity contribution is 5.97. The average molecular weight is 291 g/mol. The van der Waals surface area contributed by atoms with E-state index in [-0.39, 0.29) is 5.76 Å². The first kappa shape index (κ1) is 14.7. The van der Waals surface area contributed by atoms with Crippen LogP contribution in [0.2, 0.25) is 0 Å². The van der Waals surface area contributed by atoms with E-state index in [2.05, 4.69) is 10.5 Å². The number of primary amides is 1. The van der Waals surface area contributed by atoms with Crippen molar-refractivity contribution in [1.29, 1.82) is 0 Å². The topological polar surface area (TPSA) is 98.2 Å². The van der Waals surface area contributed by atoms with Crippen molar-refractivity contribution in [2.75, 3.05) is 0 Å². The van der Waals surface area contributed by atoms with E-state index in [4.69, 9.17) is 10.3 Å². The Morgan fingerprint density at radius 3 is 2.67 bits per heavy atom. The SMILES string of the molecule is CC(C)(NC(=O)c1cc(-c2cccc(F)c2)no1)C(N)=O. The van der Waals surface area contributed by atoms with Crippen LogP contribution in [0.15, 0.2) is 34.9 Å². The molecule has 3 N–H and O–H groups in total. The Morgan fingerprint density at radius 1 is 1.33 bits per heavy atom. The van der Waals surface area contributed by atoms with Gasteiger partial charge in [0, 0.05) is 11.6 Å². The highest BCUT2D eigenvalue weighted by Gasteiger charge is 2.29. The molecule has 1 aromatic carbocycles. The lowest BCUT2D eigenvalue weighted by Gasteiger charge is -2.21. The third kappa shape index (κ3) is 3.25. The fourth-order valence-electron chi connectivity index (χ4n) is 1.57. The molecule has 2 aromatic rings. The van der Waals surface area contributed by atoms with Gasteiger partial charge in [0.1, 0.15) is 17.1 Å². The van der Waals surface area contributed by atoms with Crippen LogP contribution in [0, 0.1) is 5.82 Å². The van der Waals surface area contributed by atoms with Gasteiger partial charge in [-0.1, -0.05) is 17.3 Å². The van der Waals surface area contributed by atoms with Crippen molar-refractivity contribution in [1.82, 2.24) is 10.5 Å². The molecule has 7 heteroatoms. The number of rotatable bonds is 4. The van der Waals surface area contributed by atoms with Gasteiger partial charge in [-0.25, -0.2) is 4.39 Å². The molecular weight excluding hydrogens is 277 g/mol. The summed E-state index contributed by atoms with van der Waals surface area (Å²) in [7, 11) is 0. The molecule has 6 nitrogen and oxygen atoms in total. The molecule has 2 amide bonds. The summed E-state index contributed by atoms with van der Waals surface area (Å²) in [5, 5.41) is 6.13. The molecule has 1 heterocycles. The number of nitrogens with two attached hydrogens (primary N) is 1. The standard InChI is InChI=1S/C14H14FN3O3/c1-14(2,13(16)20)17-12(19)11-7-10(18-21-11)8-4-3-5-9(15)6-8/h3-7H,1-2H3,(H2,16,20)(H,17,19). The molecule has 0 aliphatic heterocycles. The summed E-state index contributed by atoms with van der Waals surface area (Å²) in [6, 6.07) is 7.09. The Kier molecular flexibility index (Phi) is 3.75. The van der Waals surface area contributed by atoms with Gasteiger partial charge in [0.25, 0.3) is 5.91 Å². The van der Waals surface area contributed by atoms with Crippen LogP contribution in [-0.4, -0.2) is 22.5 Å². The number of halogens is 1. The highest BCUT2D eigenvalue weighted by Crippen LogP contribution is 2.20. The summed E-state index contributed by atoms with van der Waals surface area (Å²) in [5.41, 5.74) is 4.74. The van der Waals surface area contributed by atoms with E-state index in [1.54, 1.807) is 6.07 Å². The molecule has 0 spiro atoms. The van der Waals surface area contributed by atoms with Gasteiger partial charge in [0.2, 0.25) is 11.7 Å². The number of hydrogen-bond acceptors (Lipinski definition) is 4. The van der Waals surface area contributed by atoms with Crippen molar-refractivity contribution in [2.45, 2.75) is 19.4 Å². The minimum Gasteiger partial charge on any atom is -0.368 e. The van der Waals surface area contributed by atoms with Crippen molar-refractivity contribution >= 4 is 11.8 Å². The predicted octanol–water partition coefficient (Wildman–Crippen LogP) is 1.47. The number of carbonyl (C=O) groups excluding carboxylic acids is 2. The van der Waals surface area contributed by atoms with Gasteiger partial charge >= 0.3 is 0 Å². The van der Waals surface area contributed by atoms with Crippen LogP contribution in [0.5, 0.6) is 0 Å². The van der Waals surface area contributed by atoms with Gasteiger partial charge in [-0.05, 0) is 26.0 Å². The largest absolute Gasteiger partial charge is 0.368 e. The number of aromatic nitrogens is 1. The van der Waals surface area contributed by atoms with Crippen molar-refractivity contribution in [3.05, 3.63) is 41.9 Å². The molecule has 0 saturated carbocycles. The number of carbonyl (C=O) groups is 2. The maximum Gasteiger partial charge on any atom is 0.290 e. The zero-order valence-corrected chi connectivity index (χ0v) is 11.5. The molecular formula is C14H14FN3O3. The minimum absolute atomic E-state index is 0.0939. The fraction of sp³-hybridized carbons (Fsp3) is 0.214. The van der Waals surface area contributed by atoms with Crippen molar-refractivity contribution in [3.63, 3.8) is 0 Å². The van der Waals surface area contributed by atoms with Gasteiger partial charge in [0.15, 0.2) is 0 Å². The lowest BCUT2D eigenvalue weighted by Crippen LogP contribution is -2.52. The first-order chi connectivity index (χ1) is 9.79. The Hall–Kier alpha value is -2.70. The molecule has 1 aromatic heterocycles. The van der Waals surface area contributed by atoms with Crippen LogP contribution < -0.4 is 11.1 Å². The van der Waals surface area contributed by atoms with Gasteiger partial charge in [0.05, 0.1) is 0 Å². The molecule has 0 aliphatic rings. The van der Waals surface area contributed by atoms with E-state index in [0.29, 0.717) is 11.3 Å². The highest BCUT2D eigenvalue weighted by atomic mass is 19.1. The molecule has 2 rings (SSSR count). The van der Waals surface area contributed by atoms with Crippen LogP contribution in [0.3, 0.4) is 0 Å². The molecule has 0 fully saturated rings. The molecule has 0 saturated heterocycles. The zero-order valence-electron chi connectivity index (χ0n) is 11.5. The smallest absolute Gasteiger partial charge is 0.290 e. The zero-order chi connectivity index (χ0) is 15.6. The van der Waals surface area contributed by atoms with Gasteiger partial charge < -0.3 is 15.6 Å². The minimum atomic E-state index is -1.22. The number of nitrogens with one attached hydrogen (secondary N) is 1. The van der Waals surface area contributed by atoms with E-state index in [1.807, 2.05) is 0 Å². The van der Waals surface area contributed by atoms with Crippen LogP contribution in [0.1, 0.15) is 24.4 Å². The van der Waals surface area contributed by atoms with Crippen LogP contribution >= 0.6 is 0 Å². The maximum atomic E-state index is 13.1. The number of amides is 2. The van der Waals surface area contributed by atoms with E-state index < -0.39 is 23.2 Å². The van der Waals surface area contributed by atoms with Crippen molar-refractivity contribution in [3.8, 4) is 11.3 Å². The number of benzene rings is 1. The van der Waals surface area contributed by atoms with Crippen LogP contribution in [0.4, 0.5) is 4.39 Å². The molecule has 0 unspecified atom stereocenters.